The Balaban J connectivity index is 2.16. The Bertz CT molecular complexity index is 732. The molecule has 0 saturated heterocycles. The molecule has 2 aromatic carbocycles. The molecule has 1 N–H and O–H groups in total. The molecule has 1 unspecified atom stereocenters. The van der Waals surface area contributed by atoms with E-state index < -0.39 is 23.4 Å². The third-order valence-corrected chi connectivity index (χ3v) is 4.06. The first-order chi connectivity index (χ1) is 12.7. The highest BCUT2D eigenvalue weighted by Gasteiger charge is 2.32. The van der Waals surface area contributed by atoms with Crippen molar-refractivity contribution in [3.05, 3.63) is 65.7 Å². The summed E-state index contributed by atoms with van der Waals surface area (Å²) in [7, 11) is 0. The molecule has 4 nitrogen and oxygen atoms in total. The van der Waals surface area contributed by atoms with Crippen molar-refractivity contribution in [1.82, 2.24) is 5.32 Å². The number of halogens is 3. The maximum Gasteiger partial charge on any atom is 0.416 e. The van der Waals surface area contributed by atoms with Crippen LogP contribution in [-0.4, -0.2) is 19.2 Å². The third-order valence-electron chi connectivity index (χ3n) is 4.06. The number of hydrogen-bond acceptors (Lipinski definition) is 3. The Morgan fingerprint density at radius 1 is 1.00 bits per heavy atom. The molecule has 0 radical (unpaired) electrons. The van der Waals surface area contributed by atoms with Gasteiger partial charge in [-0.1, -0.05) is 30.3 Å². The van der Waals surface area contributed by atoms with Gasteiger partial charge in [0.2, 0.25) is 0 Å². The first-order valence-corrected chi connectivity index (χ1v) is 8.57. The molecule has 1 amide bonds. The van der Waals surface area contributed by atoms with Crippen molar-refractivity contribution in [2.24, 2.45) is 0 Å². The summed E-state index contributed by atoms with van der Waals surface area (Å²) >= 11 is 0. The molecule has 0 spiro atoms. The van der Waals surface area contributed by atoms with E-state index in [9.17, 15) is 18.0 Å². The van der Waals surface area contributed by atoms with E-state index in [0.29, 0.717) is 12.2 Å². The summed E-state index contributed by atoms with van der Waals surface area (Å²) in [5.74, 6) is 0.311. The van der Waals surface area contributed by atoms with Crippen LogP contribution in [0.5, 0.6) is 5.75 Å². The quantitative estimate of drug-likeness (QED) is 0.723. The van der Waals surface area contributed by atoms with Gasteiger partial charge in [-0.15, -0.1) is 0 Å². The minimum atomic E-state index is -4.40. The van der Waals surface area contributed by atoms with Crippen LogP contribution in [0.3, 0.4) is 0 Å². The molecule has 0 aliphatic carbocycles. The van der Waals surface area contributed by atoms with Crippen LogP contribution in [0.25, 0.3) is 0 Å². The number of nitrogens with one attached hydrogen (secondary N) is 1. The van der Waals surface area contributed by atoms with Crippen LogP contribution in [0.2, 0.25) is 0 Å². The molecule has 27 heavy (non-hydrogen) atoms. The molecular formula is C20H22F3NO3. The summed E-state index contributed by atoms with van der Waals surface area (Å²) in [4.78, 5) is 11.5. The molecule has 0 aliphatic heterocycles. The zero-order valence-corrected chi connectivity index (χ0v) is 15.2. The number of amides is 1. The highest BCUT2D eigenvalue weighted by molar-refractivity contribution is 5.66. The summed E-state index contributed by atoms with van der Waals surface area (Å²) in [6.07, 6.45) is -4.52. The minimum absolute atomic E-state index is 0.268. The van der Waals surface area contributed by atoms with E-state index in [-0.39, 0.29) is 13.2 Å². The van der Waals surface area contributed by atoms with Gasteiger partial charge >= 0.3 is 12.3 Å². The largest absolute Gasteiger partial charge is 0.483 e. The number of carbonyl (C=O) groups excluding carboxylic acids is 1. The molecule has 2 aromatic rings. The van der Waals surface area contributed by atoms with Crippen LogP contribution in [0, 0.1) is 0 Å². The highest BCUT2D eigenvalue weighted by Crippen LogP contribution is 2.34. The molecule has 1 atom stereocenters. The zero-order valence-electron chi connectivity index (χ0n) is 15.2. The van der Waals surface area contributed by atoms with Gasteiger partial charge in [-0.25, -0.2) is 4.79 Å². The Morgan fingerprint density at radius 3 is 2.19 bits per heavy atom. The van der Waals surface area contributed by atoms with E-state index in [1.165, 1.54) is 12.1 Å². The number of carbonyl (C=O) groups is 1. The SMILES string of the molecule is CCOC(=O)NCCC(C)(Oc1ccc(C(F)(F)F)cc1)c1ccccc1. The molecule has 2 rings (SSSR count). The molecule has 0 aromatic heterocycles. The van der Waals surface area contributed by atoms with Gasteiger partial charge < -0.3 is 14.8 Å². The van der Waals surface area contributed by atoms with Gasteiger partial charge in [0.1, 0.15) is 11.4 Å². The Hall–Kier alpha value is -2.70. The molecule has 0 fully saturated rings. The average molecular weight is 381 g/mol. The number of ether oxygens (including phenoxy) is 2. The van der Waals surface area contributed by atoms with E-state index in [2.05, 4.69) is 5.32 Å². The average Bonchev–Trinajstić information content (AvgIpc) is 2.62. The number of alkyl halides is 3. The second-order valence-corrected chi connectivity index (χ2v) is 6.12. The fourth-order valence-corrected chi connectivity index (χ4v) is 2.60. The molecule has 0 aliphatic rings. The van der Waals surface area contributed by atoms with Gasteiger partial charge in [0.25, 0.3) is 0 Å². The number of benzene rings is 2. The van der Waals surface area contributed by atoms with E-state index in [1.54, 1.807) is 6.92 Å². The van der Waals surface area contributed by atoms with Crippen LogP contribution in [0.15, 0.2) is 54.6 Å². The second kappa shape index (κ2) is 8.79. The topological polar surface area (TPSA) is 47.6 Å². The van der Waals surface area contributed by atoms with Crippen molar-refractivity contribution < 1.29 is 27.4 Å². The van der Waals surface area contributed by atoms with Crippen molar-refractivity contribution in [3.8, 4) is 5.75 Å². The van der Waals surface area contributed by atoms with Crippen LogP contribution in [0.4, 0.5) is 18.0 Å². The lowest BCUT2D eigenvalue weighted by Gasteiger charge is -2.31. The number of alkyl carbamates (subject to hydrolysis) is 1. The lowest BCUT2D eigenvalue weighted by atomic mass is 9.92. The fourth-order valence-electron chi connectivity index (χ4n) is 2.60. The van der Waals surface area contributed by atoms with Crippen LogP contribution >= 0.6 is 0 Å². The lowest BCUT2D eigenvalue weighted by Crippen LogP contribution is -2.35. The monoisotopic (exact) mass is 381 g/mol. The van der Waals surface area contributed by atoms with E-state index in [4.69, 9.17) is 9.47 Å². The normalized spacial score (nSPS) is 13.5. The lowest BCUT2D eigenvalue weighted by molar-refractivity contribution is -0.137. The predicted molar refractivity (Wildman–Crippen MR) is 95.5 cm³/mol. The van der Waals surface area contributed by atoms with Crippen molar-refractivity contribution in [3.63, 3.8) is 0 Å². The van der Waals surface area contributed by atoms with Crippen LogP contribution in [0.1, 0.15) is 31.4 Å². The number of rotatable bonds is 7. The summed E-state index contributed by atoms with van der Waals surface area (Å²) in [5, 5.41) is 2.63. The van der Waals surface area contributed by atoms with Gasteiger partial charge in [0.05, 0.1) is 12.2 Å². The van der Waals surface area contributed by atoms with Crippen molar-refractivity contribution in [2.45, 2.75) is 32.0 Å². The Labute approximate surface area is 156 Å². The Morgan fingerprint density at radius 2 is 1.63 bits per heavy atom. The number of hydrogen-bond donors (Lipinski definition) is 1. The Kier molecular flexibility index (Phi) is 6.71. The molecule has 0 heterocycles. The molecule has 0 saturated carbocycles. The first kappa shape index (κ1) is 20.6. The van der Waals surface area contributed by atoms with Crippen LogP contribution < -0.4 is 10.1 Å². The van der Waals surface area contributed by atoms with E-state index >= 15 is 0 Å². The molecular weight excluding hydrogens is 359 g/mol. The maximum atomic E-state index is 12.7. The summed E-state index contributed by atoms with van der Waals surface area (Å²) in [6.45, 7) is 4.09. The van der Waals surface area contributed by atoms with E-state index in [1.807, 2.05) is 37.3 Å². The van der Waals surface area contributed by atoms with E-state index in [0.717, 1.165) is 17.7 Å². The van der Waals surface area contributed by atoms with Gasteiger partial charge in [-0.3, -0.25) is 0 Å². The summed E-state index contributed by atoms with van der Waals surface area (Å²) in [5.41, 5.74) is -0.740. The third kappa shape index (κ3) is 5.91. The molecule has 146 valence electrons. The van der Waals surface area contributed by atoms with Crippen molar-refractivity contribution in [2.75, 3.05) is 13.2 Å². The fraction of sp³-hybridized carbons (Fsp3) is 0.350. The summed E-state index contributed by atoms with van der Waals surface area (Å²) in [6, 6.07) is 13.9. The predicted octanol–water partition coefficient (Wildman–Crippen LogP) is 5.14. The van der Waals surface area contributed by atoms with Gasteiger partial charge in [0.15, 0.2) is 0 Å². The summed E-state index contributed by atoms with van der Waals surface area (Å²) < 4.78 is 49.1. The molecule has 0 bridgehead atoms. The smallest absolute Gasteiger partial charge is 0.416 e. The molecule has 7 heteroatoms. The van der Waals surface area contributed by atoms with Gasteiger partial charge in [-0.2, -0.15) is 13.2 Å². The second-order valence-electron chi connectivity index (χ2n) is 6.12. The first-order valence-electron chi connectivity index (χ1n) is 8.57. The standard InChI is InChI=1S/C20H22F3NO3/c1-3-26-18(25)24-14-13-19(2,15-7-5-4-6-8-15)27-17-11-9-16(10-12-17)20(21,22)23/h4-12H,3,13-14H2,1-2H3,(H,24,25). The zero-order chi connectivity index (χ0) is 19.9. The van der Waals surface area contributed by atoms with Crippen molar-refractivity contribution >= 4 is 6.09 Å². The van der Waals surface area contributed by atoms with Crippen molar-refractivity contribution in [1.29, 1.82) is 0 Å². The highest BCUT2D eigenvalue weighted by atomic mass is 19.4. The minimum Gasteiger partial charge on any atom is -0.483 e. The van der Waals surface area contributed by atoms with Crippen LogP contribution in [-0.2, 0) is 16.5 Å². The van der Waals surface area contributed by atoms with Gasteiger partial charge in [0, 0.05) is 13.0 Å². The maximum absolute atomic E-state index is 12.7. The van der Waals surface area contributed by atoms with Gasteiger partial charge in [-0.05, 0) is 43.7 Å².